The van der Waals surface area contributed by atoms with Crippen LogP contribution in [0.2, 0.25) is 0 Å². The average molecular weight is 252 g/mol. The molecule has 1 aromatic rings. The third-order valence-corrected chi connectivity index (χ3v) is 3.05. The van der Waals surface area contributed by atoms with E-state index in [4.69, 9.17) is 9.47 Å². The number of nitrogens with zero attached hydrogens (tertiary/aromatic N) is 4. The number of rotatable bonds is 4. The van der Waals surface area contributed by atoms with Crippen LogP contribution in [-0.4, -0.2) is 62.3 Å². The van der Waals surface area contributed by atoms with Crippen molar-refractivity contribution in [3.05, 3.63) is 11.9 Å². The normalized spacial score (nSPS) is 16.9. The van der Waals surface area contributed by atoms with E-state index in [1.165, 1.54) is 0 Å². The van der Waals surface area contributed by atoms with E-state index in [1.54, 1.807) is 14.2 Å². The maximum Gasteiger partial charge on any atom is 0.218 e. The summed E-state index contributed by atoms with van der Waals surface area (Å²) in [7, 11) is 5.39. The number of ether oxygens (including phenoxy) is 2. The molecular formula is C12H20N4O2. The first-order valence-electron chi connectivity index (χ1n) is 6.07. The first-order valence-corrected chi connectivity index (χ1v) is 6.07. The van der Waals surface area contributed by atoms with Crippen molar-refractivity contribution in [3.8, 4) is 5.88 Å². The Labute approximate surface area is 108 Å². The van der Waals surface area contributed by atoms with Gasteiger partial charge in [-0.15, -0.1) is 0 Å². The molecule has 6 heteroatoms. The Hall–Kier alpha value is -1.40. The standard InChI is InChI=1S/C12H20N4O2/c1-15-4-6-16(7-5-15)11-8-12(18-3)14-10(13-11)9-17-2/h8H,4-7,9H2,1-3H3. The number of hydrogen-bond donors (Lipinski definition) is 0. The summed E-state index contributed by atoms with van der Waals surface area (Å²) in [5, 5.41) is 0. The predicted octanol–water partition coefficient (Wildman–Crippen LogP) is 0.383. The lowest BCUT2D eigenvalue weighted by atomic mass is 10.3. The minimum Gasteiger partial charge on any atom is -0.481 e. The van der Waals surface area contributed by atoms with Gasteiger partial charge < -0.3 is 19.3 Å². The summed E-state index contributed by atoms with van der Waals surface area (Å²) in [4.78, 5) is 13.3. The molecule has 0 aliphatic carbocycles. The van der Waals surface area contributed by atoms with Crippen molar-refractivity contribution in [1.82, 2.24) is 14.9 Å². The Morgan fingerprint density at radius 3 is 2.50 bits per heavy atom. The SMILES string of the molecule is COCc1nc(OC)cc(N2CCN(C)CC2)n1. The number of piperazine rings is 1. The number of hydrogen-bond acceptors (Lipinski definition) is 6. The van der Waals surface area contributed by atoms with Gasteiger partial charge in [-0.25, -0.2) is 4.98 Å². The minimum absolute atomic E-state index is 0.401. The molecule has 1 aromatic heterocycles. The molecule has 6 nitrogen and oxygen atoms in total. The smallest absolute Gasteiger partial charge is 0.218 e. The van der Waals surface area contributed by atoms with Crippen LogP contribution in [0.1, 0.15) is 5.82 Å². The fraction of sp³-hybridized carbons (Fsp3) is 0.667. The first kappa shape index (κ1) is 13.0. The van der Waals surface area contributed by atoms with E-state index in [1.807, 2.05) is 6.07 Å². The second-order valence-electron chi connectivity index (χ2n) is 4.41. The molecule has 1 saturated heterocycles. The topological polar surface area (TPSA) is 50.7 Å². The monoisotopic (exact) mass is 252 g/mol. The Morgan fingerprint density at radius 2 is 1.89 bits per heavy atom. The van der Waals surface area contributed by atoms with Gasteiger partial charge in [-0.2, -0.15) is 4.98 Å². The number of aromatic nitrogens is 2. The summed E-state index contributed by atoms with van der Waals surface area (Å²) in [6.07, 6.45) is 0. The molecular weight excluding hydrogens is 232 g/mol. The van der Waals surface area contributed by atoms with Crippen LogP contribution in [0.25, 0.3) is 0 Å². The lowest BCUT2D eigenvalue weighted by Gasteiger charge is -2.33. The van der Waals surface area contributed by atoms with Gasteiger partial charge in [0.25, 0.3) is 0 Å². The molecule has 0 aromatic carbocycles. The van der Waals surface area contributed by atoms with Gasteiger partial charge >= 0.3 is 0 Å². The van der Waals surface area contributed by atoms with Crippen LogP contribution < -0.4 is 9.64 Å². The largest absolute Gasteiger partial charge is 0.481 e. The molecule has 100 valence electrons. The lowest BCUT2D eigenvalue weighted by Crippen LogP contribution is -2.44. The van der Waals surface area contributed by atoms with E-state index in [0.717, 1.165) is 32.0 Å². The Balaban J connectivity index is 2.17. The van der Waals surface area contributed by atoms with Crippen LogP contribution in [0, 0.1) is 0 Å². The van der Waals surface area contributed by atoms with Crippen LogP contribution in [0.15, 0.2) is 6.07 Å². The van der Waals surface area contributed by atoms with Crippen molar-refractivity contribution < 1.29 is 9.47 Å². The van der Waals surface area contributed by atoms with Gasteiger partial charge in [0.05, 0.1) is 7.11 Å². The van der Waals surface area contributed by atoms with Gasteiger partial charge in [0.2, 0.25) is 5.88 Å². The van der Waals surface area contributed by atoms with Crippen LogP contribution in [0.5, 0.6) is 5.88 Å². The molecule has 0 N–H and O–H groups in total. The minimum atomic E-state index is 0.401. The van der Waals surface area contributed by atoms with Crippen LogP contribution in [0.4, 0.5) is 5.82 Å². The third-order valence-electron chi connectivity index (χ3n) is 3.05. The van der Waals surface area contributed by atoms with Crippen LogP contribution >= 0.6 is 0 Å². The highest BCUT2D eigenvalue weighted by Gasteiger charge is 2.17. The molecule has 2 heterocycles. The molecule has 0 unspecified atom stereocenters. The zero-order valence-electron chi connectivity index (χ0n) is 11.2. The Kier molecular flexibility index (Phi) is 4.33. The summed E-state index contributed by atoms with van der Waals surface area (Å²) < 4.78 is 10.3. The van der Waals surface area contributed by atoms with Crippen molar-refractivity contribution in [1.29, 1.82) is 0 Å². The van der Waals surface area contributed by atoms with Crippen LogP contribution in [0.3, 0.4) is 0 Å². The van der Waals surface area contributed by atoms with Gasteiger partial charge in [0, 0.05) is 39.4 Å². The third kappa shape index (κ3) is 3.08. The highest BCUT2D eigenvalue weighted by atomic mass is 16.5. The molecule has 0 bridgehead atoms. The van der Waals surface area contributed by atoms with E-state index in [0.29, 0.717) is 18.3 Å². The van der Waals surface area contributed by atoms with E-state index < -0.39 is 0 Å². The molecule has 0 spiro atoms. The molecule has 0 radical (unpaired) electrons. The highest BCUT2D eigenvalue weighted by molar-refractivity contribution is 5.42. The summed E-state index contributed by atoms with van der Waals surface area (Å²) >= 11 is 0. The van der Waals surface area contributed by atoms with Gasteiger partial charge in [-0.3, -0.25) is 0 Å². The van der Waals surface area contributed by atoms with Crippen molar-refractivity contribution in [2.75, 3.05) is 52.3 Å². The molecule has 0 saturated carbocycles. The zero-order valence-corrected chi connectivity index (χ0v) is 11.2. The second-order valence-corrected chi connectivity index (χ2v) is 4.41. The number of anilines is 1. The lowest BCUT2D eigenvalue weighted by molar-refractivity contribution is 0.176. The van der Waals surface area contributed by atoms with E-state index in [9.17, 15) is 0 Å². The van der Waals surface area contributed by atoms with Crippen molar-refractivity contribution in [2.45, 2.75) is 6.61 Å². The second kappa shape index (κ2) is 5.97. The first-order chi connectivity index (χ1) is 8.72. The average Bonchev–Trinajstić information content (AvgIpc) is 2.39. The van der Waals surface area contributed by atoms with Crippen molar-refractivity contribution >= 4 is 5.82 Å². The fourth-order valence-electron chi connectivity index (χ4n) is 1.96. The summed E-state index contributed by atoms with van der Waals surface area (Å²) in [5.74, 6) is 2.17. The predicted molar refractivity (Wildman–Crippen MR) is 69.0 cm³/mol. The van der Waals surface area contributed by atoms with Crippen molar-refractivity contribution in [3.63, 3.8) is 0 Å². The maximum atomic E-state index is 5.21. The van der Waals surface area contributed by atoms with Gasteiger partial charge in [0.1, 0.15) is 12.4 Å². The van der Waals surface area contributed by atoms with E-state index >= 15 is 0 Å². The van der Waals surface area contributed by atoms with E-state index in [-0.39, 0.29) is 0 Å². The van der Waals surface area contributed by atoms with Crippen molar-refractivity contribution in [2.24, 2.45) is 0 Å². The summed E-state index contributed by atoms with van der Waals surface area (Å²) in [6.45, 7) is 4.45. The maximum absolute atomic E-state index is 5.21. The fourth-order valence-corrected chi connectivity index (χ4v) is 1.96. The van der Waals surface area contributed by atoms with Gasteiger partial charge in [-0.05, 0) is 7.05 Å². The number of likely N-dealkylation sites (N-methyl/N-ethyl adjacent to an activating group) is 1. The van der Waals surface area contributed by atoms with Gasteiger partial charge in [0.15, 0.2) is 5.82 Å². The van der Waals surface area contributed by atoms with E-state index in [2.05, 4.69) is 26.8 Å². The summed E-state index contributed by atoms with van der Waals surface area (Å²) in [6, 6.07) is 1.88. The molecule has 1 aliphatic rings. The van der Waals surface area contributed by atoms with Gasteiger partial charge in [-0.1, -0.05) is 0 Å². The molecule has 0 amide bonds. The Bertz CT molecular complexity index is 392. The quantitative estimate of drug-likeness (QED) is 0.772. The summed E-state index contributed by atoms with van der Waals surface area (Å²) in [5.41, 5.74) is 0. The molecule has 2 rings (SSSR count). The highest BCUT2D eigenvalue weighted by Crippen LogP contribution is 2.19. The molecule has 1 fully saturated rings. The zero-order chi connectivity index (χ0) is 13.0. The number of methoxy groups -OCH3 is 2. The molecule has 18 heavy (non-hydrogen) atoms. The molecule has 1 aliphatic heterocycles. The molecule has 0 atom stereocenters. The Morgan fingerprint density at radius 1 is 1.17 bits per heavy atom. The van der Waals surface area contributed by atoms with Crippen LogP contribution in [-0.2, 0) is 11.3 Å².